The molecule has 0 bridgehead atoms. The zero-order chi connectivity index (χ0) is 17.1. The number of fused-ring (bicyclic) bond motifs is 1. The highest BCUT2D eigenvalue weighted by Gasteiger charge is 2.24. The minimum Gasteiger partial charge on any atom is -0.468 e. The predicted octanol–water partition coefficient (Wildman–Crippen LogP) is 3.58. The Morgan fingerprint density at radius 1 is 1.58 bits per heavy atom. The summed E-state index contributed by atoms with van der Waals surface area (Å²) in [6.07, 6.45) is 5.30. The van der Waals surface area contributed by atoms with Gasteiger partial charge >= 0.3 is 5.97 Å². The molecule has 5 nitrogen and oxygen atoms in total. The summed E-state index contributed by atoms with van der Waals surface area (Å²) in [6, 6.07) is 0. The molecule has 128 valence electrons. The van der Waals surface area contributed by atoms with Gasteiger partial charge in [-0.15, -0.1) is 28.1 Å². The van der Waals surface area contributed by atoms with Crippen LogP contribution in [0.15, 0.2) is 23.2 Å². The number of carbonyl (C=O) groups is 1. The lowest BCUT2D eigenvalue weighted by atomic mass is 9.88. The molecule has 1 unspecified atom stereocenters. The molecule has 3 rings (SSSR count). The maximum Gasteiger partial charge on any atom is 0.316 e. The van der Waals surface area contributed by atoms with Crippen LogP contribution in [-0.2, 0) is 28.9 Å². The Balaban J connectivity index is 1.92. The second kappa shape index (κ2) is 7.53. The molecule has 0 aliphatic heterocycles. The number of rotatable bonds is 6. The van der Waals surface area contributed by atoms with E-state index in [0.717, 1.165) is 29.7 Å². The van der Waals surface area contributed by atoms with Gasteiger partial charge in [-0.05, 0) is 30.7 Å². The topological polar surface area (TPSA) is 57.0 Å². The number of allylic oxidation sites excluding steroid dienone is 1. The van der Waals surface area contributed by atoms with E-state index in [9.17, 15) is 4.79 Å². The number of esters is 1. The summed E-state index contributed by atoms with van der Waals surface area (Å²) >= 11 is 3.17. The van der Waals surface area contributed by atoms with Crippen LogP contribution in [0.5, 0.6) is 0 Å². The third-order valence-corrected chi connectivity index (χ3v) is 6.21. The van der Waals surface area contributed by atoms with E-state index in [-0.39, 0.29) is 11.7 Å². The molecule has 0 aromatic carbocycles. The maximum atomic E-state index is 11.4. The number of thiophene rings is 1. The van der Waals surface area contributed by atoms with Gasteiger partial charge in [0.1, 0.15) is 0 Å². The van der Waals surface area contributed by atoms with Crippen LogP contribution in [-0.4, -0.2) is 33.6 Å². The average molecular weight is 364 g/mol. The Morgan fingerprint density at radius 3 is 3.17 bits per heavy atom. The zero-order valence-corrected chi connectivity index (χ0v) is 15.6. The van der Waals surface area contributed by atoms with E-state index < -0.39 is 0 Å². The molecule has 1 atom stereocenters. The van der Waals surface area contributed by atoms with Gasteiger partial charge in [0, 0.05) is 22.4 Å². The highest BCUT2D eigenvalue weighted by Crippen LogP contribution is 2.38. The summed E-state index contributed by atoms with van der Waals surface area (Å²) in [5.41, 5.74) is 2.60. The second-order valence-electron chi connectivity index (χ2n) is 5.97. The van der Waals surface area contributed by atoms with Crippen molar-refractivity contribution in [1.29, 1.82) is 0 Å². The molecule has 0 N–H and O–H groups in total. The lowest BCUT2D eigenvalue weighted by Gasteiger charge is -2.19. The molecular formula is C17H21N3O2S2. The van der Waals surface area contributed by atoms with Crippen LogP contribution in [0.2, 0.25) is 0 Å². The van der Waals surface area contributed by atoms with Crippen molar-refractivity contribution in [3.63, 3.8) is 0 Å². The zero-order valence-electron chi connectivity index (χ0n) is 13.9. The third-order valence-electron chi connectivity index (χ3n) is 4.22. The highest BCUT2D eigenvalue weighted by molar-refractivity contribution is 7.99. The van der Waals surface area contributed by atoms with E-state index in [4.69, 9.17) is 4.74 Å². The Bertz CT molecular complexity index is 751. The van der Waals surface area contributed by atoms with Crippen LogP contribution < -0.4 is 0 Å². The van der Waals surface area contributed by atoms with E-state index in [1.165, 1.54) is 41.3 Å². The quantitative estimate of drug-likeness (QED) is 0.446. The van der Waals surface area contributed by atoms with Crippen LogP contribution in [0, 0.1) is 5.92 Å². The fourth-order valence-electron chi connectivity index (χ4n) is 2.94. The minimum absolute atomic E-state index is 0.227. The van der Waals surface area contributed by atoms with Crippen molar-refractivity contribution in [2.45, 2.75) is 37.9 Å². The number of hydrogen-bond donors (Lipinski definition) is 0. The van der Waals surface area contributed by atoms with E-state index >= 15 is 0 Å². The normalized spacial score (nSPS) is 16.7. The Morgan fingerprint density at radius 2 is 2.42 bits per heavy atom. The van der Waals surface area contributed by atoms with Gasteiger partial charge in [0.15, 0.2) is 11.0 Å². The lowest BCUT2D eigenvalue weighted by molar-refractivity contribution is -0.137. The first-order valence-electron chi connectivity index (χ1n) is 7.97. The number of ether oxygens (including phenoxy) is 1. The minimum atomic E-state index is -0.267. The first kappa shape index (κ1) is 17.2. The molecule has 2 aromatic heterocycles. The number of aromatic nitrogens is 3. The number of thioether (sulfide) groups is 1. The fraction of sp³-hybridized carbons (Fsp3) is 0.471. The van der Waals surface area contributed by atoms with Crippen molar-refractivity contribution in [2.75, 3.05) is 12.9 Å². The van der Waals surface area contributed by atoms with Crippen LogP contribution in [0.25, 0.3) is 11.4 Å². The second-order valence-corrected chi connectivity index (χ2v) is 7.88. The van der Waals surface area contributed by atoms with Crippen molar-refractivity contribution in [3.05, 3.63) is 28.5 Å². The van der Waals surface area contributed by atoms with Gasteiger partial charge in [0.2, 0.25) is 0 Å². The number of carbonyl (C=O) groups excluding carboxylic acids is 1. The molecule has 0 radical (unpaired) electrons. The Hall–Kier alpha value is -1.60. The summed E-state index contributed by atoms with van der Waals surface area (Å²) in [7, 11) is 1.39. The molecule has 0 saturated carbocycles. The number of hydrogen-bond acceptors (Lipinski definition) is 6. The van der Waals surface area contributed by atoms with Gasteiger partial charge in [-0.3, -0.25) is 9.36 Å². The molecule has 0 fully saturated rings. The molecule has 2 heterocycles. The third kappa shape index (κ3) is 3.42. The van der Waals surface area contributed by atoms with Crippen LogP contribution in [0.3, 0.4) is 0 Å². The smallest absolute Gasteiger partial charge is 0.316 e. The molecular weight excluding hydrogens is 342 g/mol. The van der Waals surface area contributed by atoms with Crippen molar-refractivity contribution < 1.29 is 9.53 Å². The fourth-order valence-corrected chi connectivity index (χ4v) is 4.96. The monoisotopic (exact) mass is 363 g/mol. The first-order chi connectivity index (χ1) is 11.6. The van der Waals surface area contributed by atoms with Crippen LogP contribution >= 0.6 is 23.1 Å². The Kier molecular flexibility index (Phi) is 5.40. The van der Waals surface area contributed by atoms with E-state index in [2.05, 4.69) is 29.1 Å². The standard InChI is InChI=1S/C17H21N3O2S2/c1-4-7-20-16(18-19-17(20)24-10-15(21)22-3)13-9-23-14-8-11(2)5-6-12(13)14/h4,9,11H,1,5-8,10H2,2-3H3. The maximum absolute atomic E-state index is 11.4. The van der Waals surface area contributed by atoms with Crippen LogP contribution in [0.4, 0.5) is 0 Å². The van der Waals surface area contributed by atoms with Gasteiger partial charge in [-0.25, -0.2) is 0 Å². The predicted molar refractivity (Wildman–Crippen MR) is 97.5 cm³/mol. The summed E-state index contributed by atoms with van der Waals surface area (Å²) in [5.74, 6) is 1.58. The molecule has 0 amide bonds. The molecule has 7 heteroatoms. The van der Waals surface area contributed by atoms with Crippen molar-refractivity contribution in [1.82, 2.24) is 14.8 Å². The largest absolute Gasteiger partial charge is 0.468 e. The summed E-state index contributed by atoms with van der Waals surface area (Å²) < 4.78 is 6.73. The molecule has 0 spiro atoms. The van der Waals surface area contributed by atoms with E-state index in [1.54, 1.807) is 0 Å². The molecule has 2 aromatic rings. The van der Waals surface area contributed by atoms with Gasteiger partial charge in [0.25, 0.3) is 0 Å². The van der Waals surface area contributed by atoms with Crippen molar-refractivity contribution in [3.8, 4) is 11.4 Å². The van der Waals surface area contributed by atoms with Gasteiger partial charge < -0.3 is 4.74 Å². The van der Waals surface area contributed by atoms with Crippen LogP contribution in [0.1, 0.15) is 23.8 Å². The summed E-state index contributed by atoms with van der Waals surface area (Å²) in [5, 5.41) is 11.6. The van der Waals surface area contributed by atoms with Crippen molar-refractivity contribution >= 4 is 29.1 Å². The number of nitrogens with zero attached hydrogens (tertiary/aromatic N) is 3. The van der Waals surface area contributed by atoms with Gasteiger partial charge in [-0.2, -0.15) is 0 Å². The van der Waals surface area contributed by atoms with Gasteiger partial charge in [0.05, 0.1) is 12.9 Å². The van der Waals surface area contributed by atoms with E-state index in [0.29, 0.717) is 6.54 Å². The SMILES string of the molecule is C=CCn1c(SCC(=O)OC)nnc1-c1csc2c1CCC(C)C2. The highest BCUT2D eigenvalue weighted by atomic mass is 32.2. The van der Waals surface area contributed by atoms with Crippen molar-refractivity contribution in [2.24, 2.45) is 5.92 Å². The molecule has 0 saturated heterocycles. The Labute approximate surface area is 150 Å². The van der Waals surface area contributed by atoms with Gasteiger partial charge in [-0.1, -0.05) is 24.8 Å². The summed E-state index contributed by atoms with van der Waals surface area (Å²) in [6.45, 7) is 6.76. The lowest BCUT2D eigenvalue weighted by Crippen LogP contribution is -2.10. The molecule has 24 heavy (non-hydrogen) atoms. The first-order valence-corrected chi connectivity index (χ1v) is 9.83. The van der Waals surface area contributed by atoms with E-state index in [1.807, 2.05) is 22.0 Å². The summed E-state index contributed by atoms with van der Waals surface area (Å²) in [4.78, 5) is 12.9. The number of methoxy groups -OCH3 is 1. The molecule has 1 aliphatic rings. The average Bonchev–Trinajstić information content (AvgIpc) is 3.16. The molecule has 1 aliphatic carbocycles.